The van der Waals surface area contributed by atoms with E-state index in [9.17, 15) is 4.79 Å². The third-order valence-corrected chi connectivity index (χ3v) is 0.143. The molecule has 6 heavy (non-hydrogen) atoms. The first-order valence-corrected chi connectivity index (χ1v) is 1.05. The maximum Gasteiger partial charge on any atom is 1.00 e. The van der Waals surface area contributed by atoms with Crippen molar-refractivity contribution >= 4 is 5.97 Å². The van der Waals surface area contributed by atoms with E-state index in [1.165, 1.54) is 0 Å². The van der Waals surface area contributed by atoms with Crippen molar-refractivity contribution in [2.75, 3.05) is 0 Å². The van der Waals surface area contributed by atoms with Crippen LogP contribution in [0.4, 0.5) is 0 Å². The standard InChI is InChI=1S/C3H3O2.Na/c1-2-3(4)5;/h1-2H,(H,4,5);/q-1;+1. The van der Waals surface area contributed by atoms with Gasteiger partial charge in [-0.2, -0.15) is 6.08 Å². The molecule has 0 unspecified atom stereocenters. The number of carbonyl (C=O) groups is 1. The van der Waals surface area contributed by atoms with Gasteiger partial charge in [-0.3, -0.25) is 6.58 Å². The Morgan fingerprint density at radius 3 is 2.00 bits per heavy atom. The summed E-state index contributed by atoms with van der Waals surface area (Å²) in [6.07, 6.45) is 0.583. The zero-order valence-electron chi connectivity index (χ0n) is 3.51. The molecular weight excluding hydrogens is 91.0 g/mol. The molecule has 1 N–H and O–H groups in total. The Labute approximate surface area is 58.1 Å². The third-order valence-electron chi connectivity index (χ3n) is 0.143. The number of rotatable bonds is 1. The molecule has 0 atom stereocenters. The number of carboxylic acid groups (broad SMARTS) is 1. The summed E-state index contributed by atoms with van der Waals surface area (Å²) in [4.78, 5) is 9.19. The molecule has 0 aliphatic rings. The molecule has 0 aromatic carbocycles. The molecule has 0 aliphatic carbocycles. The average Bonchev–Trinajstić information content (AvgIpc) is 1.38. The zero-order valence-corrected chi connectivity index (χ0v) is 5.51. The minimum absolute atomic E-state index is 0. The number of carboxylic acids is 1. The summed E-state index contributed by atoms with van der Waals surface area (Å²) in [7, 11) is 0. The van der Waals surface area contributed by atoms with E-state index in [1.807, 2.05) is 0 Å². The summed E-state index contributed by atoms with van der Waals surface area (Å²) >= 11 is 0. The van der Waals surface area contributed by atoms with Crippen molar-refractivity contribution in [1.82, 2.24) is 0 Å². The molecule has 0 heterocycles. The number of aliphatic carboxylic acids is 1. The second-order valence-electron chi connectivity index (χ2n) is 0.505. The van der Waals surface area contributed by atoms with Crippen LogP contribution in [-0.2, 0) is 4.79 Å². The molecule has 0 aliphatic heterocycles. The van der Waals surface area contributed by atoms with Crippen molar-refractivity contribution in [1.29, 1.82) is 0 Å². The van der Waals surface area contributed by atoms with Crippen LogP contribution in [0.2, 0.25) is 0 Å². The molecule has 2 nitrogen and oxygen atoms in total. The van der Waals surface area contributed by atoms with Gasteiger partial charge in [-0.15, -0.1) is 0 Å². The van der Waals surface area contributed by atoms with E-state index in [0.29, 0.717) is 6.08 Å². The second-order valence-corrected chi connectivity index (χ2v) is 0.505. The van der Waals surface area contributed by atoms with Crippen LogP contribution in [0.25, 0.3) is 0 Å². The Kier molecular flexibility index (Phi) is 8.26. The molecule has 28 valence electrons. The van der Waals surface area contributed by atoms with E-state index >= 15 is 0 Å². The van der Waals surface area contributed by atoms with Crippen LogP contribution in [0.3, 0.4) is 0 Å². The van der Waals surface area contributed by atoms with Gasteiger partial charge in [0.25, 0.3) is 0 Å². The van der Waals surface area contributed by atoms with Gasteiger partial charge in [0.15, 0.2) is 5.97 Å². The van der Waals surface area contributed by atoms with Gasteiger partial charge in [-0.05, 0) is 0 Å². The van der Waals surface area contributed by atoms with Gasteiger partial charge in [0.1, 0.15) is 0 Å². The normalized spacial score (nSPS) is 5.33. The summed E-state index contributed by atoms with van der Waals surface area (Å²) < 4.78 is 0. The first-order valence-electron chi connectivity index (χ1n) is 1.05. The fraction of sp³-hybridized carbons (Fsp3) is 0. The molecule has 0 fully saturated rings. The molecule has 0 amide bonds. The van der Waals surface area contributed by atoms with Crippen LogP contribution >= 0.6 is 0 Å². The number of hydrogen-bond donors (Lipinski definition) is 1. The quantitative estimate of drug-likeness (QED) is 0.214. The van der Waals surface area contributed by atoms with Crippen LogP contribution < -0.4 is 29.6 Å². The molecule has 0 saturated carbocycles. The van der Waals surface area contributed by atoms with Crippen molar-refractivity contribution in [3.05, 3.63) is 12.7 Å². The summed E-state index contributed by atoms with van der Waals surface area (Å²) in [6.45, 7) is 4.45. The first-order chi connectivity index (χ1) is 2.27. The summed E-state index contributed by atoms with van der Waals surface area (Å²) in [5.74, 6) is -1.09. The average molecular weight is 94.0 g/mol. The molecule has 0 aromatic rings. The van der Waals surface area contributed by atoms with Crippen LogP contribution in [0.1, 0.15) is 0 Å². The molecule has 0 radical (unpaired) electrons. The Balaban J connectivity index is 0. The monoisotopic (exact) mass is 94.0 g/mol. The SMILES string of the molecule is [CH-]=CC(=O)O.[Na+]. The molecule has 0 rings (SSSR count). The van der Waals surface area contributed by atoms with E-state index in [2.05, 4.69) is 6.58 Å². The topological polar surface area (TPSA) is 37.3 Å². The Bertz CT molecular complexity index is 59.8. The molecule has 0 saturated heterocycles. The van der Waals surface area contributed by atoms with E-state index < -0.39 is 5.97 Å². The molecular formula is C3H3NaO2. The zero-order chi connectivity index (χ0) is 4.28. The van der Waals surface area contributed by atoms with E-state index in [0.717, 1.165) is 0 Å². The molecule has 0 bridgehead atoms. The van der Waals surface area contributed by atoms with E-state index in [1.54, 1.807) is 0 Å². The fourth-order valence-corrected chi connectivity index (χ4v) is 0. The Hall–Kier alpha value is 0.210. The Morgan fingerprint density at radius 2 is 2.00 bits per heavy atom. The van der Waals surface area contributed by atoms with Crippen molar-refractivity contribution in [3.8, 4) is 0 Å². The van der Waals surface area contributed by atoms with E-state index in [4.69, 9.17) is 5.11 Å². The molecule has 3 heteroatoms. The summed E-state index contributed by atoms with van der Waals surface area (Å²) in [6, 6.07) is 0. The van der Waals surface area contributed by atoms with Crippen molar-refractivity contribution in [2.24, 2.45) is 0 Å². The maximum atomic E-state index is 9.19. The van der Waals surface area contributed by atoms with Crippen molar-refractivity contribution in [2.45, 2.75) is 0 Å². The van der Waals surface area contributed by atoms with Gasteiger partial charge < -0.3 is 9.90 Å². The predicted octanol–water partition coefficient (Wildman–Crippen LogP) is -2.94. The minimum Gasteiger partial charge on any atom is -0.562 e. The van der Waals surface area contributed by atoms with Gasteiger partial charge in [-0.25, -0.2) is 0 Å². The van der Waals surface area contributed by atoms with Gasteiger partial charge in [0, 0.05) is 0 Å². The van der Waals surface area contributed by atoms with Gasteiger partial charge in [0.2, 0.25) is 0 Å². The van der Waals surface area contributed by atoms with Gasteiger partial charge >= 0.3 is 29.6 Å². The fourth-order valence-electron chi connectivity index (χ4n) is 0. The van der Waals surface area contributed by atoms with Crippen LogP contribution in [0.5, 0.6) is 0 Å². The largest absolute Gasteiger partial charge is 1.00 e. The van der Waals surface area contributed by atoms with Gasteiger partial charge in [0.05, 0.1) is 0 Å². The van der Waals surface area contributed by atoms with Gasteiger partial charge in [-0.1, -0.05) is 0 Å². The van der Waals surface area contributed by atoms with Crippen molar-refractivity contribution in [3.63, 3.8) is 0 Å². The van der Waals surface area contributed by atoms with Crippen LogP contribution in [-0.4, -0.2) is 11.1 Å². The summed E-state index contributed by atoms with van der Waals surface area (Å²) in [5, 5.41) is 7.54. The van der Waals surface area contributed by atoms with Crippen molar-refractivity contribution < 1.29 is 39.5 Å². The second kappa shape index (κ2) is 5.21. The molecule has 0 aromatic heterocycles. The third kappa shape index (κ3) is 8.88. The maximum absolute atomic E-state index is 9.19. The number of hydrogen-bond acceptors (Lipinski definition) is 1. The Morgan fingerprint density at radius 1 is 1.83 bits per heavy atom. The minimum atomic E-state index is -1.09. The first kappa shape index (κ1) is 9.51. The van der Waals surface area contributed by atoms with Crippen LogP contribution in [0, 0.1) is 6.58 Å². The van der Waals surface area contributed by atoms with E-state index in [-0.39, 0.29) is 29.6 Å². The summed E-state index contributed by atoms with van der Waals surface area (Å²) in [5.41, 5.74) is 0. The smallest absolute Gasteiger partial charge is 0.562 e. The molecule has 0 spiro atoms. The predicted molar refractivity (Wildman–Crippen MR) is 16.5 cm³/mol. The van der Waals surface area contributed by atoms with Crippen LogP contribution in [0.15, 0.2) is 6.08 Å².